The van der Waals surface area contributed by atoms with Gasteiger partial charge in [-0.2, -0.15) is 0 Å². The van der Waals surface area contributed by atoms with Crippen LogP contribution in [0, 0.1) is 0 Å². The fourth-order valence-electron chi connectivity index (χ4n) is 1.69. The Bertz CT molecular complexity index is 568. The first-order valence-corrected chi connectivity index (χ1v) is 6.60. The summed E-state index contributed by atoms with van der Waals surface area (Å²) in [7, 11) is 0. The number of benzene rings is 1. The standard InChI is InChI=1S/C16H18N2O2/c1-12(2)14-9-6-10-15(17-14)18-16(19)11-20-13-7-4-3-5-8-13/h3-10,12H,11H2,1-2H3,(H,17,18,19). The summed E-state index contributed by atoms with van der Waals surface area (Å²) < 4.78 is 5.38. The summed E-state index contributed by atoms with van der Waals surface area (Å²) in [4.78, 5) is 16.2. The lowest BCUT2D eigenvalue weighted by atomic mass is 10.1. The molecule has 0 bridgehead atoms. The molecule has 2 aromatic rings. The van der Waals surface area contributed by atoms with E-state index in [1.54, 1.807) is 6.07 Å². The molecule has 1 N–H and O–H groups in total. The van der Waals surface area contributed by atoms with Crippen molar-refractivity contribution < 1.29 is 9.53 Å². The average Bonchev–Trinajstić information content (AvgIpc) is 2.46. The van der Waals surface area contributed by atoms with Crippen molar-refractivity contribution in [2.24, 2.45) is 0 Å². The number of rotatable bonds is 5. The maximum Gasteiger partial charge on any atom is 0.263 e. The number of para-hydroxylation sites is 1. The zero-order chi connectivity index (χ0) is 14.4. The Hall–Kier alpha value is -2.36. The van der Waals surface area contributed by atoms with Gasteiger partial charge in [-0.15, -0.1) is 0 Å². The molecular weight excluding hydrogens is 252 g/mol. The predicted molar refractivity (Wildman–Crippen MR) is 78.9 cm³/mol. The van der Waals surface area contributed by atoms with Gasteiger partial charge in [0.2, 0.25) is 0 Å². The molecule has 4 heteroatoms. The molecule has 0 aliphatic carbocycles. The Morgan fingerprint density at radius 1 is 1.15 bits per heavy atom. The molecule has 2 rings (SSSR count). The summed E-state index contributed by atoms with van der Waals surface area (Å²) >= 11 is 0. The third-order valence-corrected chi connectivity index (χ3v) is 2.74. The lowest BCUT2D eigenvalue weighted by Crippen LogP contribution is -2.21. The third kappa shape index (κ3) is 4.09. The van der Waals surface area contributed by atoms with Crippen LogP contribution in [0.15, 0.2) is 48.5 Å². The SMILES string of the molecule is CC(C)c1cccc(NC(=O)COc2ccccc2)n1. The number of carbonyl (C=O) groups excluding carboxylic acids is 1. The minimum atomic E-state index is -0.220. The predicted octanol–water partition coefficient (Wildman–Crippen LogP) is 3.22. The molecule has 0 saturated heterocycles. The highest BCUT2D eigenvalue weighted by molar-refractivity contribution is 5.90. The Kier molecular flexibility index (Phi) is 4.71. The van der Waals surface area contributed by atoms with Crippen LogP contribution in [0.2, 0.25) is 0 Å². The highest BCUT2D eigenvalue weighted by Gasteiger charge is 2.06. The van der Waals surface area contributed by atoms with Crippen LogP contribution < -0.4 is 10.1 Å². The Balaban J connectivity index is 1.90. The van der Waals surface area contributed by atoms with Gasteiger partial charge >= 0.3 is 0 Å². The fraction of sp³-hybridized carbons (Fsp3) is 0.250. The van der Waals surface area contributed by atoms with Crippen LogP contribution in [-0.4, -0.2) is 17.5 Å². The van der Waals surface area contributed by atoms with Crippen molar-refractivity contribution in [2.75, 3.05) is 11.9 Å². The monoisotopic (exact) mass is 270 g/mol. The van der Waals surface area contributed by atoms with Crippen LogP contribution in [0.5, 0.6) is 5.75 Å². The van der Waals surface area contributed by atoms with Gasteiger partial charge in [0.05, 0.1) is 0 Å². The molecule has 0 spiro atoms. The molecule has 0 aliphatic rings. The van der Waals surface area contributed by atoms with Crippen molar-refractivity contribution >= 4 is 11.7 Å². The number of amides is 1. The van der Waals surface area contributed by atoms with Gasteiger partial charge in [-0.3, -0.25) is 4.79 Å². The van der Waals surface area contributed by atoms with E-state index in [0.29, 0.717) is 17.5 Å². The number of ether oxygens (including phenoxy) is 1. The molecule has 0 atom stereocenters. The van der Waals surface area contributed by atoms with Crippen molar-refractivity contribution in [3.8, 4) is 5.75 Å². The number of aromatic nitrogens is 1. The van der Waals surface area contributed by atoms with E-state index in [1.165, 1.54) is 0 Å². The fourth-order valence-corrected chi connectivity index (χ4v) is 1.69. The Morgan fingerprint density at radius 3 is 2.60 bits per heavy atom. The molecule has 0 saturated carbocycles. The second-order valence-corrected chi connectivity index (χ2v) is 4.75. The largest absolute Gasteiger partial charge is 0.484 e. The lowest BCUT2D eigenvalue weighted by Gasteiger charge is -2.09. The molecular formula is C16H18N2O2. The average molecular weight is 270 g/mol. The van der Waals surface area contributed by atoms with Gasteiger partial charge in [0.15, 0.2) is 6.61 Å². The third-order valence-electron chi connectivity index (χ3n) is 2.74. The van der Waals surface area contributed by atoms with E-state index in [4.69, 9.17) is 4.74 Å². The van der Waals surface area contributed by atoms with Crippen LogP contribution in [-0.2, 0) is 4.79 Å². The number of carbonyl (C=O) groups is 1. The van der Waals surface area contributed by atoms with Gasteiger partial charge in [0.25, 0.3) is 5.91 Å². The first-order chi connectivity index (χ1) is 9.65. The molecule has 1 amide bonds. The van der Waals surface area contributed by atoms with E-state index in [2.05, 4.69) is 24.1 Å². The molecule has 104 valence electrons. The minimum absolute atomic E-state index is 0.0302. The normalized spacial score (nSPS) is 10.3. The molecule has 20 heavy (non-hydrogen) atoms. The zero-order valence-electron chi connectivity index (χ0n) is 11.7. The van der Waals surface area contributed by atoms with Crippen molar-refractivity contribution in [2.45, 2.75) is 19.8 Å². The Labute approximate surface area is 118 Å². The second kappa shape index (κ2) is 6.70. The number of pyridine rings is 1. The van der Waals surface area contributed by atoms with Crippen LogP contribution >= 0.6 is 0 Å². The topological polar surface area (TPSA) is 51.2 Å². The number of hydrogen-bond donors (Lipinski definition) is 1. The van der Waals surface area contributed by atoms with Gasteiger partial charge in [0, 0.05) is 5.69 Å². The van der Waals surface area contributed by atoms with Crippen molar-refractivity contribution in [1.29, 1.82) is 0 Å². The summed E-state index contributed by atoms with van der Waals surface area (Å²) in [5.41, 5.74) is 0.951. The number of anilines is 1. The van der Waals surface area contributed by atoms with Crippen LogP contribution in [0.4, 0.5) is 5.82 Å². The van der Waals surface area contributed by atoms with Crippen LogP contribution in [0.1, 0.15) is 25.5 Å². The van der Waals surface area contributed by atoms with Gasteiger partial charge in [0.1, 0.15) is 11.6 Å². The minimum Gasteiger partial charge on any atom is -0.484 e. The molecule has 1 aromatic heterocycles. The van der Waals surface area contributed by atoms with Gasteiger partial charge in [-0.1, -0.05) is 38.1 Å². The van der Waals surface area contributed by atoms with E-state index in [9.17, 15) is 4.79 Å². The van der Waals surface area contributed by atoms with Crippen LogP contribution in [0.25, 0.3) is 0 Å². The van der Waals surface area contributed by atoms with Crippen molar-refractivity contribution in [3.05, 3.63) is 54.2 Å². The Morgan fingerprint density at radius 2 is 1.90 bits per heavy atom. The highest BCUT2D eigenvalue weighted by Crippen LogP contribution is 2.14. The van der Waals surface area contributed by atoms with Gasteiger partial charge < -0.3 is 10.1 Å². The summed E-state index contributed by atoms with van der Waals surface area (Å²) in [5.74, 6) is 1.33. The maximum absolute atomic E-state index is 11.8. The van der Waals surface area contributed by atoms with Gasteiger partial charge in [-0.25, -0.2) is 4.98 Å². The summed E-state index contributed by atoms with van der Waals surface area (Å²) in [5, 5.41) is 2.73. The molecule has 0 radical (unpaired) electrons. The second-order valence-electron chi connectivity index (χ2n) is 4.75. The smallest absolute Gasteiger partial charge is 0.263 e. The number of hydrogen-bond acceptors (Lipinski definition) is 3. The molecule has 0 aliphatic heterocycles. The number of nitrogens with zero attached hydrogens (tertiary/aromatic N) is 1. The summed E-state index contributed by atoms with van der Waals surface area (Å²) in [6.45, 7) is 4.09. The van der Waals surface area contributed by atoms with E-state index >= 15 is 0 Å². The van der Waals surface area contributed by atoms with Crippen LogP contribution in [0.3, 0.4) is 0 Å². The molecule has 0 fully saturated rings. The quantitative estimate of drug-likeness (QED) is 0.907. The lowest BCUT2D eigenvalue weighted by molar-refractivity contribution is -0.118. The zero-order valence-corrected chi connectivity index (χ0v) is 11.7. The first kappa shape index (κ1) is 14.1. The van der Waals surface area contributed by atoms with E-state index in [1.807, 2.05) is 42.5 Å². The molecule has 0 unspecified atom stereocenters. The van der Waals surface area contributed by atoms with Crippen molar-refractivity contribution in [1.82, 2.24) is 4.98 Å². The first-order valence-electron chi connectivity index (χ1n) is 6.60. The highest BCUT2D eigenvalue weighted by atomic mass is 16.5. The summed E-state index contributed by atoms with van der Waals surface area (Å²) in [6, 6.07) is 14.8. The van der Waals surface area contributed by atoms with E-state index in [0.717, 1.165) is 5.69 Å². The van der Waals surface area contributed by atoms with E-state index < -0.39 is 0 Å². The molecule has 4 nitrogen and oxygen atoms in total. The van der Waals surface area contributed by atoms with Crippen molar-refractivity contribution in [3.63, 3.8) is 0 Å². The molecule has 1 heterocycles. The molecule has 1 aromatic carbocycles. The maximum atomic E-state index is 11.8. The van der Waals surface area contributed by atoms with E-state index in [-0.39, 0.29) is 12.5 Å². The van der Waals surface area contributed by atoms with Gasteiger partial charge in [-0.05, 0) is 30.2 Å². The number of nitrogens with one attached hydrogen (secondary N) is 1. The summed E-state index contributed by atoms with van der Waals surface area (Å²) in [6.07, 6.45) is 0.